The predicted molar refractivity (Wildman–Crippen MR) is 97.2 cm³/mol. The zero-order chi connectivity index (χ0) is 16.9. The molecular weight excluding hydrogens is 346 g/mol. The summed E-state index contributed by atoms with van der Waals surface area (Å²) in [6.45, 7) is 2.61. The molecule has 2 saturated heterocycles. The van der Waals surface area contributed by atoms with Gasteiger partial charge in [-0.15, -0.1) is 11.8 Å². The van der Waals surface area contributed by atoms with Gasteiger partial charge in [-0.2, -0.15) is 0 Å². The Labute approximate surface area is 151 Å². The van der Waals surface area contributed by atoms with Crippen molar-refractivity contribution in [2.45, 2.75) is 18.9 Å². The fourth-order valence-electron chi connectivity index (χ4n) is 3.08. The van der Waals surface area contributed by atoms with Crippen LogP contribution in [-0.4, -0.2) is 65.5 Å². The van der Waals surface area contributed by atoms with Gasteiger partial charge < -0.3 is 9.80 Å². The molecule has 2 heterocycles. The molecule has 0 aromatic heterocycles. The van der Waals surface area contributed by atoms with E-state index in [-0.39, 0.29) is 17.9 Å². The third kappa shape index (κ3) is 4.23. The molecule has 2 aliphatic rings. The van der Waals surface area contributed by atoms with Crippen LogP contribution >= 0.6 is 23.4 Å². The molecule has 7 heteroatoms. The lowest BCUT2D eigenvalue weighted by Crippen LogP contribution is -2.46. The second-order valence-corrected chi connectivity index (χ2v) is 7.54. The Bertz CT molecular complexity index is 607. The minimum atomic E-state index is -0.0691. The average Bonchev–Trinajstić information content (AvgIpc) is 3.00. The molecule has 1 aromatic carbocycles. The van der Waals surface area contributed by atoms with Gasteiger partial charge in [0.1, 0.15) is 0 Å². The van der Waals surface area contributed by atoms with E-state index >= 15 is 0 Å². The summed E-state index contributed by atoms with van der Waals surface area (Å²) >= 11 is 7.90. The van der Waals surface area contributed by atoms with E-state index in [2.05, 4.69) is 5.32 Å². The normalized spacial score (nSPS) is 21.6. The van der Waals surface area contributed by atoms with Crippen molar-refractivity contribution in [1.29, 1.82) is 0 Å². The van der Waals surface area contributed by atoms with Crippen molar-refractivity contribution in [1.82, 2.24) is 15.1 Å². The molecule has 2 amide bonds. The number of benzene rings is 1. The number of nitrogens with one attached hydrogen (secondary N) is 1. The maximum absolute atomic E-state index is 12.6. The van der Waals surface area contributed by atoms with Crippen LogP contribution in [-0.2, 0) is 16.0 Å². The predicted octanol–water partition coefficient (Wildman–Crippen LogP) is 1.61. The highest BCUT2D eigenvalue weighted by Gasteiger charge is 2.29. The van der Waals surface area contributed by atoms with Crippen molar-refractivity contribution in [3.05, 3.63) is 34.9 Å². The van der Waals surface area contributed by atoms with Crippen LogP contribution < -0.4 is 5.32 Å². The molecular formula is C17H22ClN3O2S. The summed E-state index contributed by atoms with van der Waals surface area (Å²) in [7, 11) is 0. The maximum Gasteiger partial charge on any atom is 0.240 e. The molecule has 1 unspecified atom stereocenters. The maximum atomic E-state index is 12.6. The molecule has 1 atom stereocenters. The highest BCUT2D eigenvalue weighted by molar-refractivity contribution is 7.99. The fourth-order valence-corrected chi connectivity index (χ4v) is 4.21. The van der Waals surface area contributed by atoms with Crippen LogP contribution in [0.2, 0.25) is 5.02 Å². The second-order valence-electron chi connectivity index (χ2n) is 6.10. The lowest BCUT2D eigenvalue weighted by atomic mass is 10.1. The fraction of sp³-hybridized carbons (Fsp3) is 0.529. The van der Waals surface area contributed by atoms with Crippen LogP contribution in [0.25, 0.3) is 0 Å². The number of hydrogen-bond acceptors (Lipinski definition) is 4. The van der Waals surface area contributed by atoms with E-state index in [1.54, 1.807) is 17.8 Å². The number of thioether (sulfide) groups is 1. The van der Waals surface area contributed by atoms with Gasteiger partial charge in [0.25, 0.3) is 0 Å². The van der Waals surface area contributed by atoms with Crippen LogP contribution in [0, 0.1) is 0 Å². The van der Waals surface area contributed by atoms with Gasteiger partial charge in [0.2, 0.25) is 11.8 Å². The monoisotopic (exact) mass is 367 g/mol. The smallest absolute Gasteiger partial charge is 0.240 e. The topological polar surface area (TPSA) is 52.7 Å². The third-order valence-electron chi connectivity index (χ3n) is 4.47. The molecule has 0 spiro atoms. The van der Waals surface area contributed by atoms with Gasteiger partial charge in [-0.3, -0.25) is 14.9 Å². The highest BCUT2D eigenvalue weighted by Crippen LogP contribution is 2.17. The molecule has 130 valence electrons. The highest BCUT2D eigenvalue weighted by atomic mass is 35.5. The number of hydrogen-bond donors (Lipinski definition) is 1. The number of carbonyl (C=O) groups excluding carboxylic acids is 2. The van der Waals surface area contributed by atoms with E-state index in [1.165, 1.54) is 0 Å². The summed E-state index contributed by atoms with van der Waals surface area (Å²) in [6.07, 6.45) is 1.13. The molecule has 24 heavy (non-hydrogen) atoms. The first-order valence-corrected chi connectivity index (χ1v) is 9.79. The van der Waals surface area contributed by atoms with Crippen LogP contribution in [0.15, 0.2) is 24.3 Å². The van der Waals surface area contributed by atoms with Gasteiger partial charge in [-0.05, 0) is 18.1 Å². The Kier molecular flexibility index (Phi) is 6.03. The van der Waals surface area contributed by atoms with Crippen LogP contribution in [0.1, 0.15) is 12.0 Å². The molecule has 5 nitrogen and oxygen atoms in total. The lowest BCUT2D eigenvalue weighted by molar-refractivity contribution is -0.134. The lowest BCUT2D eigenvalue weighted by Gasteiger charge is -2.24. The number of halogens is 1. The van der Waals surface area contributed by atoms with E-state index < -0.39 is 0 Å². The van der Waals surface area contributed by atoms with Crippen molar-refractivity contribution in [3.63, 3.8) is 0 Å². The van der Waals surface area contributed by atoms with Crippen LogP contribution in [0.3, 0.4) is 0 Å². The Morgan fingerprint density at radius 2 is 1.92 bits per heavy atom. The quantitative estimate of drug-likeness (QED) is 0.881. The summed E-state index contributed by atoms with van der Waals surface area (Å²) in [4.78, 5) is 28.8. The van der Waals surface area contributed by atoms with Gasteiger partial charge in [0.05, 0.1) is 12.5 Å². The molecule has 3 rings (SSSR count). The number of amides is 2. The molecule has 0 bridgehead atoms. The Morgan fingerprint density at radius 3 is 2.67 bits per heavy atom. The van der Waals surface area contributed by atoms with Crippen LogP contribution in [0.4, 0.5) is 0 Å². The van der Waals surface area contributed by atoms with Crippen molar-refractivity contribution in [3.8, 4) is 0 Å². The zero-order valence-electron chi connectivity index (χ0n) is 13.5. The summed E-state index contributed by atoms with van der Waals surface area (Å²) in [5.74, 6) is 1.92. The van der Waals surface area contributed by atoms with Gasteiger partial charge in [0.15, 0.2) is 0 Å². The summed E-state index contributed by atoms with van der Waals surface area (Å²) in [5, 5.41) is 3.85. The number of carbonyl (C=O) groups is 2. The zero-order valence-corrected chi connectivity index (χ0v) is 15.1. The SMILES string of the molecule is O=C(Cc1ccccc1Cl)N1CCCN(C(=O)C2CSCN2)CC1. The van der Waals surface area contributed by atoms with E-state index in [9.17, 15) is 9.59 Å². The van der Waals surface area contributed by atoms with Crippen molar-refractivity contribution in [2.24, 2.45) is 0 Å². The molecule has 0 aliphatic carbocycles. The third-order valence-corrected chi connectivity index (χ3v) is 5.78. The van der Waals surface area contributed by atoms with Crippen LogP contribution in [0.5, 0.6) is 0 Å². The standard InChI is InChI=1S/C17H22ClN3O2S/c18-14-5-2-1-4-13(14)10-16(22)20-6-3-7-21(9-8-20)17(23)15-11-24-12-19-15/h1-2,4-5,15,19H,3,6-12H2. The van der Waals surface area contributed by atoms with E-state index in [0.29, 0.717) is 31.1 Å². The van der Waals surface area contributed by atoms with E-state index in [1.807, 2.05) is 28.0 Å². The molecule has 1 aromatic rings. The minimum absolute atomic E-state index is 0.0691. The minimum Gasteiger partial charge on any atom is -0.341 e. The van der Waals surface area contributed by atoms with Crippen molar-refractivity contribution >= 4 is 35.2 Å². The summed E-state index contributed by atoms with van der Waals surface area (Å²) in [6, 6.07) is 7.38. The van der Waals surface area contributed by atoms with Gasteiger partial charge in [-0.25, -0.2) is 0 Å². The van der Waals surface area contributed by atoms with Crippen molar-refractivity contribution in [2.75, 3.05) is 37.8 Å². The first-order valence-electron chi connectivity index (χ1n) is 8.26. The Morgan fingerprint density at radius 1 is 1.17 bits per heavy atom. The molecule has 2 fully saturated rings. The van der Waals surface area contributed by atoms with Crippen molar-refractivity contribution < 1.29 is 9.59 Å². The first-order chi connectivity index (χ1) is 11.6. The molecule has 1 N–H and O–H groups in total. The Hall–Kier alpha value is -1.24. The summed E-state index contributed by atoms with van der Waals surface area (Å²) in [5.41, 5.74) is 0.855. The largest absolute Gasteiger partial charge is 0.341 e. The molecule has 2 aliphatic heterocycles. The van der Waals surface area contributed by atoms with E-state index in [0.717, 1.165) is 30.2 Å². The molecule has 0 radical (unpaired) electrons. The van der Waals surface area contributed by atoms with Gasteiger partial charge >= 0.3 is 0 Å². The van der Waals surface area contributed by atoms with Gasteiger partial charge in [-0.1, -0.05) is 29.8 Å². The van der Waals surface area contributed by atoms with Gasteiger partial charge in [0, 0.05) is 42.8 Å². The average molecular weight is 368 g/mol. The molecule has 0 saturated carbocycles. The number of nitrogens with zero attached hydrogens (tertiary/aromatic N) is 2. The summed E-state index contributed by atoms with van der Waals surface area (Å²) < 4.78 is 0. The number of rotatable bonds is 3. The Balaban J connectivity index is 1.56. The first kappa shape index (κ1) is 17.6. The second kappa shape index (κ2) is 8.23. The van der Waals surface area contributed by atoms with E-state index in [4.69, 9.17) is 11.6 Å².